The number of pyridine rings is 1. The number of rotatable bonds is 8. The van der Waals surface area contributed by atoms with E-state index < -0.39 is 22.0 Å². The summed E-state index contributed by atoms with van der Waals surface area (Å²) in [6, 6.07) is 1.80. The first-order valence-electron chi connectivity index (χ1n) is 7.97. The molecule has 0 aliphatic carbocycles. The van der Waals surface area contributed by atoms with Gasteiger partial charge in [-0.2, -0.15) is 4.31 Å². The van der Waals surface area contributed by atoms with Gasteiger partial charge in [0.05, 0.1) is 0 Å². The van der Waals surface area contributed by atoms with E-state index in [4.69, 9.17) is 0 Å². The zero-order valence-electron chi connectivity index (χ0n) is 15.0. The van der Waals surface area contributed by atoms with E-state index in [1.807, 2.05) is 27.7 Å². The van der Waals surface area contributed by atoms with Gasteiger partial charge in [0.1, 0.15) is 16.8 Å². The molecule has 0 saturated carbocycles. The molecule has 0 bridgehead atoms. The molecular weight excluding hydrogens is 330 g/mol. The molecule has 0 aliphatic heterocycles. The Labute approximate surface area is 144 Å². The molecule has 0 amide bonds. The van der Waals surface area contributed by atoms with Gasteiger partial charge in [0.25, 0.3) is 0 Å². The van der Waals surface area contributed by atoms with E-state index >= 15 is 0 Å². The number of hydrogen-bond donors (Lipinski definition) is 2. The van der Waals surface area contributed by atoms with Gasteiger partial charge in [-0.3, -0.25) is 0 Å². The molecule has 1 rings (SSSR count). The molecule has 0 aromatic carbocycles. The van der Waals surface area contributed by atoms with Crippen molar-refractivity contribution in [3.8, 4) is 0 Å². The van der Waals surface area contributed by atoms with E-state index in [9.17, 15) is 18.3 Å². The number of carboxylic acid groups (broad SMARTS) is 1. The molecule has 0 aliphatic rings. The molecule has 8 heteroatoms. The van der Waals surface area contributed by atoms with Crippen molar-refractivity contribution in [1.29, 1.82) is 0 Å². The van der Waals surface area contributed by atoms with Crippen molar-refractivity contribution in [3.63, 3.8) is 0 Å². The molecule has 1 aromatic heterocycles. The summed E-state index contributed by atoms with van der Waals surface area (Å²) in [6.45, 7) is 10.9. The van der Waals surface area contributed by atoms with Crippen LogP contribution in [0.15, 0.2) is 23.2 Å². The van der Waals surface area contributed by atoms with Crippen LogP contribution in [0, 0.1) is 5.92 Å². The Morgan fingerprint density at radius 1 is 1.12 bits per heavy atom. The summed E-state index contributed by atoms with van der Waals surface area (Å²) in [6.07, 6.45) is 1.26. The van der Waals surface area contributed by atoms with Crippen LogP contribution < -0.4 is 5.32 Å². The van der Waals surface area contributed by atoms with E-state index in [-0.39, 0.29) is 22.9 Å². The Balaban J connectivity index is 3.08. The third-order valence-electron chi connectivity index (χ3n) is 3.57. The number of carboxylic acids is 1. The van der Waals surface area contributed by atoms with Crippen molar-refractivity contribution in [1.82, 2.24) is 9.29 Å². The number of nitrogens with one attached hydrogen (secondary N) is 1. The van der Waals surface area contributed by atoms with Crippen molar-refractivity contribution in [2.75, 3.05) is 5.32 Å². The maximum absolute atomic E-state index is 12.7. The Morgan fingerprint density at radius 3 is 2.00 bits per heavy atom. The number of sulfonamides is 1. The third-order valence-corrected chi connectivity index (χ3v) is 5.80. The summed E-state index contributed by atoms with van der Waals surface area (Å²) < 4.78 is 26.9. The molecule has 136 valence electrons. The largest absolute Gasteiger partial charge is 0.480 e. The van der Waals surface area contributed by atoms with Crippen LogP contribution in [0.1, 0.15) is 41.5 Å². The lowest BCUT2D eigenvalue weighted by Crippen LogP contribution is -2.42. The minimum absolute atomic E-state index is 0.0897. The first-order valence-corrected chi connectivity index (χ1v) is 9.41. The molecule has 1 atom stereocenters. The molecule has 1 heterocycles. The molecule has 0 unspecified atom stereocenters. The van der Waals surface area contributed by atoms with Gasteiger partial charge in [0.15, 0.2) is 0 Å². The average Bonchev–Trinajstić information content (AvgIpc) is 2.43. The second kappa shape index (κ2) is 7.94. The van der Waals surface area contributed by atoms with E-state index in [2.05, 4.69) is 10.3 Å². The van der Waals surface area contributed by atoms with Gasteiger partial charge in [-0.05, 0) is 45.7 Å². The van der Waals surface area contributed by atoms with Gasteiger partial charge in [0, 0.05) is 18.3 Å². The summed E-state index contributed by atoms with van der Waals surface area (Å²) in [5.41, 5.74) is 0. The summed E-state index contributed by atoms with van der Waals surface area (Å²) >= 11 is 0. The summed E-state index contributed by atoms with van der Waals surface area (Å²) in [5.74, 6) is -0.782. The first kappa shape index (κ1) is 20.4. The quantitative estimate of drug-likeness (QED) is 0.741. The zero-order valence-corrected chi connectivity index (χ0v) is 15.8. The van der Waals surface area contributed by atoms with Crippen LogP contribution in [0.5, 0.6) is 0 Å². The van der Waals surface area contributed by atoms with E-state index in [0.29, 0.717) is 5.82 Å². The van der Waals surface area contributed by atoms with Crippen LogP contribution in [0.4, 0.5) is 5.82 Å². The van der Waals surface area contributed by atoms with Crippen LogP contribution in [0.25, 0.3) is 0 Å². The maximum atomic E-state index is 12.7. The predicted molar refractivity (Wildman–Crippen MR) is 93.4 cm³/mol. The third kappa shape index (κ3) is 4.67. The van der Waals surface area contributed by atoms with E-state index in [1.54, 1.807) is 13.8 Å². The zero-order chi connectivity index (χ0) is 18.7. The standard InChI is InChI=1S/C16H27N3O4S/c1-10(2)15(16(20)21)18-14-8-7-13(9-17-14)24(22,23)19(11(3)4)12(5)6/h7-12,15H,1-6H3,(H,17,18)(H,20,21)/t15-/m1/s1. The number of nitrogens with zero attached hydrogens (tertiary/aromatic N) is 2. The summed E-state index contributed by atoms with van der Waals surface area (Å²) in [5, 5.41) is 12.0. The van der Waals surface area contributed by atoms with Crippen LogP contribution in [-0.4, -0.2) is 46.9 Å². The summed E-state index contributed by atoms with van der Waals surface area (Å²) in [7, 11) is -3.65. The van der Waals surface area contributed by atoms with E-state index in [0.717, 1.165) is 0 Å². The lowest BCUT2D eigenvalue weighted by atomic mass is 10.1. The number of aliphatic carboxylic acids is 1. The normalized spacial score (nSPS) is 13.8. The highest BCUT2D eigenvalue weighted by molar-refractivity contribution is 7.89. The number of hydrogen-bond acceptors (Lipinski definition) is 5. The van der Waals surface area contributed by atoms with Crippen LogP contribution in [0.2, 0.25) is 0 Å². The average molecular weight is 357 g/mol. The van der Waals surface area contributed by atoms with Gasteiger partial charge in [-0.1, -0.05) is 13.8 Å². The molecule has 0 spiro atoms. The Kier molecular flexibility index (Phi) is 6.74. The smallest absolute Gasteiger partial charge is 0.326 e. The molecule has 0 saturated heterocycles. The van der Waals surface area contributed by atoms with Crippen molar-refractivity contribution in [2.24, 2.45) is 5.92 Å². The van der Waals surface area contributed by atoms with Crippen LogP contribution in [0.3, 0.4) is 0 Å². The highest BCUT2D eigenvalue weighted by atomic mass is 32.2. The maximum Gasteiger partial charge on any atom is 0.326 e. The van der Waals surface area contributed by atoms with Crippen molar-refractivity contribution < 1.29 is 18.3 Å². The Hall–Kier alpha value is -1.67. The topological polar surface area (TPSA) is 99.6 Å². The molecule has 7 nitrogen and oxygen atoms in total. The molecular formula is C16H27N3O4S. The Morgan fingerprint density at radius 2 is 1.67 bits per heavy atom. The van der Waals surface area contributed by atoms with Crippen LogP contribution >= 0.6 is 0 Å². The minimum atomic E-state index is -3.65. The lowest BCUT2D eigenvalue weighted by molar-refractivity contribution is -0.138. The molecule has 24 heavy (non-hydrogen) atoms. The molecule has 0 fully saturated rings. The van der Waals surface area contributed by atoms with Gasteiger partial charge in [0.2, 0.25) is 10.0 Å². The number of carbonyl (C=O) groups is 1. The fraction of sp³-hybridized carbons (Fsp3) is 0.625. The predicted octanol–water partition coefficient (Wildman–Crippen LogP) is 2.41. The van der Waals surface area contributed by atoms with Crippen molar-refractivity contribution in [2.45, 2.75) is 64.6 Å². The van der Waals surface area contributed by atoms with Crippen molar-refractivity contribution in [3.05, 3.63) is 18.3 Å². The number of anilines is 1. The monoisotopic (exact) mass is 357 g/mol. The SMILES string of the molecule is CC(C)[C@@H](Nc1ccc(S(=O)(=O)N(C(C)C)C(C)C)cn1)C(=O)O. The molecule has 1 aromatic rings. The summed E-state index contributed by atoms with van der Waals surface area (Å²) in [4.78, 5) is 15.4. The first-order chi connectivity index (χ1) is 11.0. The second-order valence-corrected chi connectivity index (χ2v) is 8.45. The van der Waals surface area contributed by atoms with E-state index in [1.165, 1.54) is 22.6 Å². The van der Waals surface area contributed by atoms with Gasteiger partial charge in [-0.25, -0.2) is 18.2 Å². The fourth-order valence-corrected chi connectivity index (χ4v) is 4.34. The minimum Gasteiger partial charge on any atom is -0.480 e. The Bertz CT molecular complexity index is 646. The van der Waals surface area contributed by atoms with Crippen molar-refractivity contribution >= 4 is 21.8 Å². The lowest BCUT2D eigenvalue weighted by Gasteiger charge is -2.29. The van der Waals surface area contributed by atoms with Crippen LogP contribution in [-0.2, 0) is 14.8 Å². The number of aromatic nitrogens is 1. The second-order valence-electron chi connectivity index (χ2n) is 6.61. The fourth-order valence-electron chi connectivity index (χ4n) is 2.56. The highest BCUT2D eigenvalue weighted by Crippen LogP contribution is 2.21. The van der Waals surface area contributed by atoms with Gasteiger partial charge < -0.3 is 10.4 Å². The highest BCUT2D eigenvalue weighted by Gasteiger charge is 2.30. The molecule has 0 radical (unpaired) electrons. The van der Waals surface area contributed by atoms with Gasteiger partial charge in [-0.15, -0.1) is 0 Å². The molecule has 2 N–H and O–H groups in total. The van der Waals surface area contributed by atoms with Gasteiger partial charge >= 0.3 is 5.97 Å².